The van der Waals surface area contributed by atoms with Crippen molar-refractivity contribution >= 4 is 24.0 Å². The quantitative estimate of drug-likeness (QED) is 0.894. The molecule has 138 valence electrons. The standard InChI is InChI=1S/C20H23N3O2.ClH/c1-23-19-6-4-14(9-15(19)5-7-20(23)24)16-10-18(12-21-11-16)25-13-17-3-2-8-22-17;/h4,6,9-12,17,22H,2-3,5,7-8,13H2,1H3;1H/t17-;/m0./s1. The molecule has 2 aromatic rings. The summed E-state index contributed by atoms with van der Waals surface area (Å²) in [4.78, 5) is 17.9. The molecule has 1 aromatic carbocycles. The van der Waals surface area contributed by atoms with E-state index in [0.717, 1.165) is 35.5 Å². The molecular weight excluding hydrogens is 350 g/mol. The van der Waals surface area contributed by atoms with Gasteiger partial charge in [0.2, 0.25) is 5.91 Å². The highest BCUT2D eigenvalue weighted by Gasteiger charge is 2.21. The summed E-state index contributed by atoms with van der Waals surface area (Å²) in [5, 5.41) is 3.44. The molecule has 0 saturated carbocycles. The Morgan fingerprint density at radius 3 is 2.92 bits per heavy atom. The van der Waals surface area contributed by atoms with E-state index in [9.17, 15) is 4.79 Å². The first-order valence-electron chi connectivity index (χ1n) is 8.92. The van der Waals surface area contributed by atoms with Crippen molar-refractivity contribution in [2.24, 2.45) is 0 Å². The number of aromatic nitrogens is 1. The van der Waals surface area contributed by atoms with Crippen molar-refractivity contribution in [1.82, 2.24) is 10.3 Å². The monoisotopic (exact) mass is 373 g/mol. The Kier molecular flexibility index (Phi) is 5.79. The first kappa shape index (κ1) is 18.7. The summed E-state index contributed by atoms with van der Waals surface area (Å²) in [5.41, 5.74) is 4.37. The molecule has 1 amide bonds. The minimum Gasteiger partial charge on any atom is -0.490 e. The number of nitrogens with zero attached hydrogens (tertiary/aromatic N) is 2. The average Bonchev–Trinajstić information content (AvgIpc) is 3.17. The topological polar surface area (TPSA) is 54.5 Å². The molecule has 5 nitrogen and oxygen atoms in total. The van der Waals surface area contributed by atoms with Gasteiger partial charge in [-0.15, -0.1) is 12.4 Å². The van der Waals surface area contributed by atoms with Crippen molar-refractivity contribution in [2.45, 2.75) is 31.7 Å². The van der Waals surface area contributed by atoms with Gasteiger partial charge >= 0.3 is 0 Å². The number of anilines is 1. The summed E-state index contributed by atoms with van der Waals surface area (Å²) in [7, 11) is 1.84. The molecule has 0 unspecified atom stereocenters. The predicted octanol–water partition coefficient (Wildman–Crippen LogP) is 3.21. The number of hydrogen-bond donors (Lipinski definition) is 1. The van der Waals surface area contributed by atoms with Crippen molar-refractivity contribution in [3.8, 4) is 16.9 Å². The third kappa shape index (κ3) is 3.84. The Labute approximate surface area is 160 Å². The van der Waals surface area contributed by atoms with Crippen LogP contribution in [0.2, 0.25) is 0 Å². The van der Waals surface area contributed by atoms with E-state index in [0.29, 0.717) is 19.1 Å². The summed E-state index contributed by atoms with van der Waals surface area (Å²) >= 11 is 0. The van der Waals surface area contributed by atoms with Gasteiger partial charge in [0.25, 0.3) is 0 Å². The lowest BCUT2D eigenvalue weighted by Crippen LogP contribution is -2.30. The van der Waals surface area contributed by atoms with Crippen LogP contribution in [-0.2, 0) is 11.2 Å². The number of hydrogen-bond acceptors (Lipinski definition) is 4. The van der Waals surface area contributed by atoms with Crippen LogP contribution in [-0.4, -0.2) is 37.1 Å². The lowest BCUT2D eigenvalue weighted by molar-refractivity contribution is -0.118. The number of carbonyl (C=O) groups excluding carboxylic acids is 1. The number of nitrogens with one attached hydrogen (secondary N) is 1. The van der Waals surface area contributed by atoms with Gasteiger partial charge in [0, 0.05) is 37.0 Å². The van der Waals surface area contributed by atoms with Gasteiger partial charge in [-0.2, -0.15) is 0 Å². The minimum absolute atomic E-state index is 0. The van der Waals surface area contributed by atoms with Crippen LogP contribution in [0.5, 0.6) is 5.75 Å². The van der Waals surface area contributed by atoms with Crippen molar-refractivity contribution in [1.29, 1.82) is 0 Å². The number of aryl methyl sites for hydroxylation is 1. The maximum absolute atomic E-state index is 11.8. The molecule has 0 bridgehead atoms. The summed E-state index contributed by atoms with van der Waals surface area (Å²) in [6.45, 7) is 1.76. The molecule has 2 aliphatic heterocycles. The summed E-state index contributed by atoms with van der Waals surface area (Å²) < 4.78 is 5.92. The van der Waals surface area contributed by atoms with Crippen LogP contribution in [0.15, 0.2) is 36.7 Å². The SMILES string of the molecule is CN1C(=O)CCc2cc(-c3cncc(OC[C@@H]4CCCN4)c3)ccc21.Cl. The largest absolute Gasteiger partial charge is 0.490 e. The fourth-order valence-corrected chi connectivity index (χ4v) is 3.59. The maximum Gasteiger partial charge on any atom is 0.227 e. The van der Waals surface area contributed by atoms with Crippen LogP contribution < -0.4 is 15.0 Å². The molecule has 0 spiro atoms. The molecule has 6 heteroatoms. The van der Waals surface area contributed by atoms with E-state index in [1.54, 1.807) is 11.1 Å². The van der Waals surface area contributed by atoms with E-state index in [-0.39, 0.29) is 18.3 Å². The number of fused-ring (bicyclic) bond motifs is 1. The first-order valence-corrected chi connectivity index (χ1v) is 8.92. The maximum atomic E-state index is 11.8. The van der Waals surface area contributed by atoms with E-state index in [4.69, 9.17) is 4.74 Å². The molecule has 1 aromatic heterocycles. The van der Waals surface area contributed by atoms with E-state index in [1.165, 1.54) is 18.4 Å². The minimum atomic E-state index is 0. The number of benzene rings is 1. The Bertz CT molecular complexity index is 790. The number of rotatable bonds is 4. The van der Waals surface area contributed by atoms with Crippen molar-refractivity contribution in [2.75, 3.05) is 25.1 Å². The van der Waals surface area contributed by atoms with E-state index in [2.05, 4.69) is 16.4 Å². The molecule has 1 atom stereocenters. The van der Waals surface area contributed by atoms with Crippen molar-refractivity contribution in [3.05, 3.63) is 42.2 Å². The summed E-state index contributed by atoms with van der Waals surface area (Å²) in [6.07, 6.45) is 7.39. The zero-order valence-corrected chi connectivity index (χ0v) is 15.7. The highest BCUT2D eigenvalue weighted by Crippen LogP contribution is 2.32. The first-order chi connectivity index (χ1) is 12.2. The van der Waals surface area contributed by atoms with Crippen LogP contribution in [0.1, 0.15) is 24.8 Å². The third-order valence-corrected chi connectivity index (χ3v) is 5.08. The van der Waals surface area contributed by atoms with Gasteiger partial charge in [-0.1, -0.05) is 6.07 Å². The number of carbonyl (C=O) groups is 1. The molecule has 26 heavy (non-hydrogen) atoms. The second-order valence-corrected chi connectivity index (χ2v) is 6.81. The third-order valence-electron chi connectivity index (χ3n) is 5.08. The summed E-state index contributed by atoms with van der Waals surface area (Å²) in [5.74, 6) is 0.981. The van der Waals surface area contributed by atoms with Gasteiger partial charge in [0.05, 0.1) is 6.20 Å². The van der Waals surface area contributed by atoms with Crippen molar-refractivity contribution < 1.29 is 9.53 Å². The zero-order chi connectivity index (χ0) is 17.2. The molecule has 4 rings (SSSR count). The van der Waals surface area contributed by atoms with E-state index >= 15 is 0 Å². The second-order valence-electron chi connectivity index (χ2n) is 6.81. The van der Waals surface area contributed by atoms with E-state index < -0.39 is 0 Å². The highest BCUT2D eigenvalue weighted by atomic mass is 35.5. The fraction of sp³-hybridized carbons (Fsp3) is 0.400. The van der Waals surface area contributed by atoms with Gasteiger partial charge in [0.15, 0.2) is 0 Å². The number of amides is 1. The lowest BCUT2D eigenvalue weighted by atomic mass is 9.97. The molecule has 1 N–H and O–H groups in total. The average molecular weight is 374 g/mol. The van der Waals surface area contributed by atoms with Crippen LogP contribution in [0.25, 0.3) is 11.1 Å². The number of ether oxygens (including phenoxy) is 1. The van der Waals surface area contributed by atoms with E-state index in [1.807, 2.05) is 31.4 Å². The van der Waals surface area contributed by atoms with Crippen LogP contribution in [0, 0.1) is 0 Å². The van der Waals surface area contributed by atoms with Gasteiger partial charge < -0.3 is 15.0 Å². The Morgan fingerprint density at radius 1 is 1.23 bits per heavy atom. The molecule has 0 radical (unpaired) electrons. The normalized spacial score (nSPS) is 19.0. The molecule has 1 fully saturated rings. The predicted molar refractivity (Wildman–Crippen MR) is 105 cm³/mol. The lowest BCUT2D eigenvalue weighted by Gasteiger charge is -2.26. The molecule has 3 heterocycles. The smallest absolute Gasteiger partial charge is 0.227 e. The molecule has 1 saturated heterocycles. The fourth-order valence-electron chi connectivity index (χ4n) is 3.59. The zero-order valence-electron chi connectivity index (χ0n) is 14.9. The second kappa shape index (κ2) is 8.06. The van der Waals surface area contributed by atoms with Gasteiger partial charge in [-0.25, -0.2) is 0 Å². The van der Waals surface area contributed by atoms with Gasteiger partial charge in [0.1, 0.15) is 12.4 Å². The number of pyridine rings is 1. The van der Waals surface area contributed by atoms with Crippen LogP contribution in [0.3, 0.4) is 0 Å². The Balaban J connectivity index is 0.00000196. The summed E-state index contributed by atoms with van der Waals surface area (Å²) in [6, 6.07) is 8.73. The van der Waals surface area contributed by atoms with Crippen molar-refractivity contribution in [3.63, 3.8) is 0 Å². The Hall–Kier alpha value is -2.11. The number of halogens is 1. The van der Waals surface area contributed by atoms with Gasteiger partial charge in [-0.3, -0.25) is 9.78 Å². The molecule has 2 aliphatic rings. The van der Waals surface area contributed by atoms with Gasteiger partial charge in [-0.05, 0) is 55.1 Å². The Morgan fingerprint density at radius 2 is 2.12 bits per heavy atom. The molecular formula is C20H24ClN3O2. The van der Waals surface area contributed by atoms with Crippen LogP contribution >= 0.6 is 12.4 Å². The van der Waals surface area contributed by atoms with Crippen LogP contribution in [0.4, 0.5) is 5.69 Å². The molecule has 0 aliphatic carbocycles. The highest BCUT2D eigenvalue weighted by molar-refractivity contribution is 5.96.